The van der Waals surface area contributed by atoms with Gasteiger partial charge in [0.2, 0.25) is 16.1 Å². The molecule has 0 aliphatic rings. The standard InChI is InChI=1S/C24H24N2O6S/c1-26(2)33(29,30)21-14-12-18(13-15-21)24(28)32-22(17-8-5-4-6-9-17)23(27)25-19-10-7-11-20(16-19)31-3/h4-16,22H,1-3H3,(H,25,27)/t22-/m1/s1. The fraction of sp³-hybridized carbons (Fsp3) is 0.167. The van der Waals surface area contributed by atoms with Crippen LogP contribution in [0.4, 0.5) is 5.69 Å². The molecule has 3 aromatic carbocycles. The molecule has 1 amide bonds. The Hall–Kier alpha value is -3.69. The topological polar surface area (TPSA) is 102 Å². The molecule has 3 aromatic rings. The summed E-state index contributed by atoms with van der Waals surface area (Å²) >= 11 is 0. The molecular weight excluding hydrogens is 444 g/mol. The van der Waals surface area contributed by atoms with E-state index in [2.05, 4.69) is 5.32 Å². The Labute approximate surface area is 192 Å². The van der Waals surface area contributed by atoms with Gasteiger partial charge in [-0.2, -0.15) is 0 Å². The zero-order valence-corrected chi connectivity index (χ0v) is 19.2. The molecule has 0 aliphatic carbocycles. The molecule has 0 heterocycles. The highest BCUT2D eigenvalue weighted by molar-refractivity contribution is 7.89. The summed E-state index contributed by atoms with van der Waals surface area (Å²) in [6, 6.07) is 20.7. The number of carbonyl (C=O) groups is 2. The molecule has 1 N–H and O–H groups in total. The largest absolute Gasteiger partial charge is 0.497 e. The summed E-state index contributed by atoms with van der Waals surface area (Å²) in [5, 5.41) is 2.73. The van der Waals surface area contributed by atoms with Gasteiger partial charge < -0.3 is 14.8 Å². The van der Waals surface area contributed by atoms with E-state index in [1.165, 1.54) is 45.5 Å². The van der Waals surface area contributed by atoms with Crippen LogP contribution < -0.4 is 10.1 Å². The molecule has 0 radical (unpaired) electrons. The number of hydrogen-bond donors (Lipinski definition) is 1. The van der Waals surface area contributed by atoms with E-state index in [4.69, 9.17) is 9.47 Å². The van der Waals surface area contributed by atoms with E-state index in [-0.39, 0.29) is 10.5 Å². The molecule has 0 aromatic heterocycles. The molecule has 172 valence electrons. The molecule has 0 unspecified atom stereocenters. The molecule has 0 fully saturated rings. The summed E-state index contributed by atoms with van der Waals surface area (Å²) in [7, 11) is 0.725. The van der Waals surface area contributed by atoms with Gasteiger partial charge in [0, 0.05) is 31.4 Å². The van der Waals surface area contributed by atoms with Crippen molar-refractivity contribution in [2.45, 2.75) is 11.0 Å². The lowest BCUT2D eigenvalue weighted by molar-refractivity contribution is -0.125. The molecule has 0 saturated carbocycles. The van der Waals surface area contributed by atoms with Gasteiger partial charge in [-0.3, -0.25) is 4.79 Å². The average molecular weight is 469 g/mol. The number of benzene rings is 3. The number of carbonyl (C=O) groups excluding carboxylic acids is 2. The number of nitrogens with zero attached hydrogens (tertiary/aromatic N) is 1. The molecule has 1 atom stereocenters. The summed E-state index contributed by atoms with van der Waals surface area (Å²) < 4.78 is 36.3. The molecular formula is C24H24N2O6S. The van der Waals surface area contributed by atoms with Crippen LogP contribution in [0.1, 0.15) is 22.0 Å². The minimum absolute atomic E-state index is 0.0411. The van der Waals surface area contributed by atoms with E-state index in [1.54, 1.807) is 54.6 Å². The zero-order chi connectivity index (χ0) is 24.0. The Bertz CT molecular complexity index is 1230. The third kappa shape index (κ3) is 5.76. The first-order valence-corrected chi connectivity index (χ1v) is 11.4. The molecule has 0 bridgehead atoms. The Kier molecular flexibility index (Phi) is 7.47. The lowest BCUT2D eigenvalue weighted by Crippen LogP contribution is -2.26. The maximum Gasteiger partial charge on any atom is 0.339 e. The van der Waals surface area contributed by atoms with E-state index in [0.717, 1.165) is 4.31 Å². The van der Waals surface area contributed by atoms with Gasteiger partial charge in [0.05, 0.1) is 17.6 Å². The van der Waals surface area contributed by atoms with Crippen LogP contribution in [0.5, 0.6) is 5.75 Å². The van der Waals surface area contributed by atoms with Crippen molar-refractivity contribution in [2.24, 2.45) is 0 Å². The number of methoxy groups -OCH3 is 1. The second kappa shape index (κ2) is 10.3. The molecule has 9 heteroatoms. The van der Waals surface area contributed by atoms with Gasteiger partial charge in [-0.15, -0.1) is 0 Å². The Balaban J connectivity index is 1.83. The number of ether oxygens (including phenoxy) is 2. The van der Waals surface area contributed by atoms with Crippen LogP contribution in [-0.4, -0.2) is 45.8 Å². The lowest BCUT2D eigenvalue weighted by Gasteiger charge is -2.18. The summed E-state index contributed by atoms with van der Waals surface area (Å²) in [6.45, 7) is 0. The maximum atomic E-state index is 13.0. The quantitative estimate of drug-likeness (QED) is 0.508. The van der Waals surface area contributed by atoms with E-state index < -0.39 is 28.0 Å². The minimum Gasteiger partial charge on any atom is -0.497 e. The molecule has 8 nitrogen and oxygen atoms in total. The van der Waals surface area contributed by atoms with Crippen molar-refractivity contribution in [3.8, 4) is 5.75 Å². The number of amides is 1. The average Bonchev–Trinajstić information content (AvgIpc) is 2.83. The minimum atomic E-state index is -3.63. The van der Waals surface area contributed by atoms with Crippen LogP contribution in [0.15, 0.2) is 83.8 Å². The van der Waals surface area contributed by atoms with E-state index in [9.17, 15) is 18.0 Å². The van der Waals surface area contributed by atoms with Crippen molar-refractivity contribution in [1.82, 2.24) is 4.31 Å². The molecule has 33 heavy (non-hydrogen) atoms. The molecule has 3 rings (SSSR count). The number of rotatable bonds is 8. The second-order valence-electron chi connectivity index (χ2n) is 7.23. The van der Waals surface area contributed by atoms with Crippen LogP contribution in [0, 0.1) is 0 Å². The maximum absolute atomic E-state index is 13.0. The smallest absolute Gasteiger partial charge is 0.339 e. The van der Waals surface area contributed by atoms with E-state index >= 15 is 0 Å². The summed E-state index contributed by atoms with van der Waals surface area (Å²) in [4.78, 5) is 25.9. The molecule has 0 spiro atoms. The monoisotopic (exact) mass is 468 g/mol. The van der Waals surface area contributed by atoms with Crippen molar-refractivity contribution in [1.29, 1.82) is 0 Å². The van der Waals surface area contributed by atoms with Crippen molar-refractivity contribution in [3.63, 3.8) is 0 Å². The van der Waals surface area contributed by atoms with Crippen LogP contribution in [-0.2, 0) is 19.6 Å². The van der Waals surface area contributed by atoms with Crippen molar-refractivity contribution >= 4 is 27.6 Å². The highest BCUT2D eigenvalue weighted by atomic mass is 32.2. The Morgan fingerprint density at radius 2 is 1.58 bits per heavy atom. The number of hydrogen-bond acceptors (Lipinski definition) is 6. The molecule has 0 saturated heterocycles. The Morgan fingerprint density at radius 3 is 2.18 bits per heavy atom. The predicted octanol–water partition coefficient (Wildman–Crippen LogP) is 3.48. The van der Waals surface area contributed by atoms with Crippen LogP contribution in [0.3, 0.4) is 0 Å². The van der Waals surface area contributed by atoms with Crippen LogP contribution in [0.2, 0.25) is 0 Å². The first-order chi connectivity index (χ1) is 15.7. The van der Waals surface area contributed by atoms with Gasteiger partial charge in [-0.05, 0) is 36.4 Å². The summed E-state index contributed by atoms with van der Waals surface area (Å²) in [6.07, 6.45) is -1.23. The van der Waals surface area contributed by atoms with Gasteiger partial charge in [-0.1, -0.05) is 36.4 Å². The van der Waals surface area contributed by atoms with Gasteiger partial charge in [0.1, 0.15) is 5.75 Å². The highest BCUT2D eigenvalue weighted by Gasteiger charge is 2.26. The van der Waals surface area contributed by atoms with E-state index in [1.807, 2.05) is 0 Å². The van der Waals surface area contributed by atoms with Gasteiger partial charge in [-0.25, -0.2) is 17.5 Å². The fourth-order valence-electron chi connectivity index (χ4n) is 2.96. The highest BCUT2D eigenvalue weighted by Crippen LogP contribution is 2.24. The second-order valence-corrected chi connectivity index (χ2v) is 9.38. The fourth-order valence-corrected chi connectivity index (χ4v) is 3.86. The third-order valence-electron chi connectivity index (χ3n) is 4.77. The van der Waals surface area contributed by atoms with Gasteiger partial charge in [0.25, 0.3) is 5.91 Å². The first kappa shape index (κ1) is 24.0. The third-order valence-corrected chi connectivity index (χ3v) is 6.60. The van der Waals surface area contributed by atoms with E-state index in [0.29, 0.717) is 17.0 Å². The number of anilines is 1. The zero-order valence-electron chi connectivity index (χ0n) is 18.4. The van der Waals surface area contributed by atoms with Crippen LogP contribution in [0.25, 0.3) is 0 Å². The van der Waals surface area contributed by atoms with Gasteiger partial charge >= 0.3 is 5.97 Å². The van der Waals surface area contributed by atoms with Crippen molar-refractivity contribution < 1.29 is 27.5 Å². The normalized spacial score (nSPS) is 12.1. The van der Waals surface area contributed by atoms with Gasteiger partial charge in [0.15, 0.2) is 0 Å². The summed E-state index contributed by atoms with van der Waals surface area (Å²) in [5.41, 5.74) is 1.08. The van der Waals surface area contributed by atoms with Crippen molar-refractivity contribution in [2.75, 3.05) is 26.5 Å². The predicted molar refractivity (Wildman–Crippen MR) is 124 cm³/mol. The number of sulfonamides is 1. The number of nitrogens with one attached hydrogen (secondary N) is 1. The Morgan fingerprint density at radius 1 is 0.909 bits per heavy atom. The lowest BCUT2D eigenvalue weighted by atomic mass is 10.1. The first-order valence-electron chi connectivity index (χ1n) is 9.96. The summed E-state index contributed by atoms with van der Waals surface area (Å²) in [5.74, 6) is -0.748. The van der Waals surface area contributed by atoms with Crippen molar-refractivity contribution in [3.05, 3.63) is 90.0 Å². The molecule has 0 aliphatic heterocycles. The van der Waals surface area contributed by atoms with Crippen LogP contribution >= 0.6 is 0 Å². The number of esters is 1. The SMILES string of the molecule is COc1cccc(NC(=O)[C@H](OC(=O)c2ccc(S(=O)(=O)N(C)C)cc2)c2ccccc2)c1.